The number of ether oxygens (including phenoxy) is 1. The summed E-state index contributed by atoms with van der Waals surface area (Å²) in [4.78, 5) is 0. The van der Waals surface area contributed by atoms with Gasteiger partial charge >= 0.3 is 0 Å². The number of thioether (sulfide) groups is 1. The number of hydrogen-bond donors (Lipinski definition) is 2. The van der Waals surface area contributed by atoms with Gasteiger partial charge in [0.25, 0.3) is 0 Å². The molecule has 2 atom stereocenters. The van der Waals surface area contributed by atoms with Crippen molar-refractivity contribution in [3.8, 4) is 17.6 Å². The highest BCUT2D eigenvalue weighted by molar-refractivity contribution is 7.99. The molecular formula is C16H22O3S. The molecule has 1 aromatic rings. The van der Waals surface area contributed by atoms with E-state index >= 15 is 0 Å². The molecule has 110 valence electrons. The topological polar surface area (TPSA) is 49.7 Å². The quantitative estimate of drug-likeness (QED) is 0.791. The zero-order chi connectivity index (χ0) is 15.0. The Hall–Kier alpha value is -1.15. The first kappa shape index (κ1) is 16.9. The zero-order valence-electron chi connectivity index (χ0n) is 12.2. The van der Waals surface area contributed by atoms with Crippen molar-refractivity contribution < 1.29 is 14.9 Å². The molecule has 0 heterocycles. The van der Waals surface area contributed by atoms with Gasteiger partial charge in [0.1, 0.15) is 5.75 Å². The van der Waals surface area contributed by atoms with Crippen LogP contribution in [0.15, 0.2) is 18.2 Å². The average Bonchev–Trinajstić information content (AvgIpc) is 2.45. The van der Waals surface area contributed by atoms with Gasteiger partial charge in [-0.05, 0) is 24.6 Å². The summed E-state index contributed by atoms with van der Waals surface area (Å²) in [5, 5.41) is 18.4. The summed E-state index contributed by atoms with van der Waals surface area (Å²) in [6.45, 7) is 3.88. The number of rotatable bonds is 6. The highest BCUT2D eigenvalue weighted by atomic mass is 32.2. The van der Waals surface area contributed by atoms with Gasteiger partial charge in [-0.25, -0.2) is 0 Å². The lowest BCUT2D eigenvalue weighted by molar-refractivity contribution is 0.196. The molecule has 2 unspecified atom stereocenters. The summed E-state index contributed by atoms with van der Waals surface area (Å²) in [5.41, 5.74) is 1.99. The molecule has 4 heteroatoms. The molecule has 0 aliphatic carbocycles. The van der Waals surface area contributed by atoms with E-state index in [9.17, 15) is 5.11 Å². The summed E-state index contributed by atoms with van der Waals surface area (Å²) in [7, 11) is 1.62. The molecule has 1 aromatic carbocycles. The van der Waals surface area contributed by atoms with Crippen molar-refractivity contribution in [2.24, 2.45) is 0 Å². The monoisotopic (exact) mass is 294 g/mol. The Balaban J connectivity index is 2.79. The maximum absolute atomic E-state index is 9.49. The smallest absolute Gasteiger partial charge is 0.134 e. The predicted molar refractivity (Wildman–Crippen MR) is 84.0 cm³/mol. The maximum atomic E-state index is 9.49. The molecule has 0 spiro atoms. The van der Waals surface area contributed by atoms with Crippen LogP contribution in [-0.4, -0.2) is 35.3 Å². The third-order valence-corrected chi connectivity index (χ3v) is 4.34. The molecule has 0 saturated heterocycles. The van der Waals surface area contributed by atoms with Crippen molar-refractivity contribution >= 4 is 11.8 Å². The summed E-state index contributed by atoms with van der Waals surface area (Å²) in [5.74, 6) is 7.50. The zero-order valence-corrected chi connectivity index (χ0v) is 13.0. The Morgan fingerprint density at radius 3 is 2.70 bits per heavy atom. The number of benzene rings is 1. The molecular weight excluding hydrogens is 272 g/mol. The fourth-order valence-corrected chi connectivity index (χ4v) is 2.44. The van der Waals surface area contributed by atoms with Crippen molar-refractivity contribution in [2.75, 3.05) is 13.7 Å². The largest absolute Gasteiger partial charge is 0.495 e. The van der Waals surface area contributed by atoms with Gasteiger partial charge in [0.05, 0.1) is 25.4 Å². The summed E-state index contributed by atoms with van der Waals surface area (Å²) < 4.78 is 5.28. The van der Waals surface area contributed by atoms with E-state index in [0.29, 0.717) is 6.42 Å². The lowest BCUT2D eigenvalue weighted by Crippen LogP contribution is -2.15. The standard InChI is InChI=1S/C16H22O3S/c1-12(18)13(2)20-11-14-7-8-16(19-3)15(10-14)6-4-5-9-17/h7-8,10,12-13,17-18H,5,9,11H2,1-3H3. The average molecular weight is 294 g/mol. The number of hydrogen-bond acceptors (Lipinski definition) is 4. The van der Waals surface area contributed by atoms with Crippen LogP contribution in [0, 0.1) is 11.8 Å². The fraction of sp³-hybridized carbons (Fsp3) is 0.500. The summed E-state index contributed by atoms with van der Waals surface area (Å²) in [6, 6.07) is 5.93. The molecule has 0 amide bonds. The first-order chi connectivity index (χ1) is 9.58. The highest BCUT2D eigenvalue weighted by Crippen LogP contribution is 2.24. The van der Waals surface area contributed by atoms with Gasteiger partial charge in [-0.2, -0.15) is 11.8 Å². The van der Waals surface area contributed by atoms with Crippen LogP contribution in [0.25, 0.3) is 0 Å². The lowest BCUT2D eigenvalue weighted by atomic mass is 10.1. The Labute approximate surface area is 125 Å². The molecule has 0 bridgehead atoms. The molecule has 0 fully saturated rings. The molecule has 20 heavy (non-hydrogen) atoms. The molecule has 0 aromatic heterocycles. The second-order valence-electron chi connectivity index (χ2n) is 4.57. The number of methoxy groups -OCH3 is 1. The number of aliphatic hydroxyl groups excluding tert-OH is 2. The van der Waals surface area contributed by atoms with E-state index in [-0.39, 0.29) is 18.0 Å². The third-order valence-electron chi connectivity index (χ3n) is 2.92. The van der Waals surface area contributed by atoms with E-state index in [2.05, 4.69) is 11.8 Å². The first-order valence-corrected chi connectivity index (χ1v) is 7.69. The second-order valence-corrected chi connectivity index (χ2v) is 5.93. The van der Waals surface area contributed by atoms with Crippen molar-refractivity contribution in [3.05, 3.63) is 29.3 Å². The van der Waals surface area contributed by atoms with Crippen LogP contribution < -0.4 is 4.74 Å². The van der Waals surface area contributed by atoms with Gasteiger partial charge in [-0.1, -0.05) is 24.8 Å². The maximum Gasteiger partial charge on any atom is 0.134 e. The van der Waals surface area contributed by atoms with E-state index in [1.54, 1.807) is 25.8 Å². The van der Waals surface area contributed by atoms with Gasteiger partial charge in [0.2, 0.25) is 0 Å². The van der Waals surface area contributed by atoms with E-state index in [4.69, 9.17) is 9.84 Å². The van der Waals surface area contributed by atoms with Gasteiger partial charge in [0, 0.05) is 17.4 Å². The van der Waals surface area contributed by atoms with Crippen LogP contribution in [0.5, 0.6) is 5.75 Å². The van der Waals surface area contributed by atoms with Gasteiger partial charge < -0.3 is 14.9 Å². The number of aliphatic hydroxyl groups is 2. The Kier molecular flexibility index (Phi) is 7.53. The minimum absolute atomic E-state index is 0.0662. The van der Waals surface area contributed by atoms with Crippen molar-refractivity contribution in [1.82, 2.24) is 0 Å². The minimum Gasteiger partial charge on any atom is -0.495 e. The Bertz CT molecular complexity index is 474. The molecule has 0 radical (unpaired) electrons. The fourth-order valence-electron chi connectivity index (χ4n) is 1.52. The van der Waals surface area contributed by atoms with Gasteiger partial charge in [-0.3, -0.25) is 0 Å². The summed E-state index contributed by atoms with van der Waals surface area (Å²) in [6.07, 6.45) is 0.142. The predicted octanol–water partition coefficient (Wildman–Crippen LogP) is 2.43. The van der Waals surface area contributed by atoms with Crippen LogP contribution in [0.2, 0.25) is 0 Å². The van der Waals surface area contributed by atoms with Crippen LogP contribution in [0.1, 0.15) is 31.4 Å². The normalized spacial score (nSPS) is 13.2. The van der Waals surface area contributed by atoms with Crippen LogP contribution in [-0.2, 0) is 5.75 Å². The van der Waals surface area contributed by atoms with Crippen LogP contribution in [0.3, 0.4) is 0 Å². The molecule has 0 aliphatic rings. The molecule has 2 N–H and O–H groups in total. The Morgan fingerprint density at radius 2 is 2.10 bits per heavy atom. The SMILES string of the molecule is COc1ccc(CSC(C)C(C)O)cc1C#CCCO. The second kappa shape index (κ2) is 8.91. The van der Waals surface area contributed by atoms with E-state index in [1.807, 2.05) is 25.1 Å². The molecule has 0 aliphatic heterocycles. The minimum atomic E-state index is -0.318. The molecule has 3 nitrogen and oxygen atoms in total. The van der Waals surface area contributed by atoms with Crippen molar-refractivity contribution in [2.45, 2.75) is 37.4 Å². The van der Waals surface area contributed by atoms with Gasteiger partial charge in [0.15, 0.2) is 0 Å². The van der Waals surface area contributed by atoms with E-state index < -0.39 is 0 Å². The highest BCUT2D eigenvalue weighted by Gasteiger charge is 2.10. The van der Waals surface area contributed by atoms with E-state index in [0.717, 1.165) is 22.6 Å². The third kappa shape index (κ3) is 5.46. The first-order valence-electron chi connectivity index (χ1n) is 6.64. The Morgan fingerprint density at radius 1 is 1.35 bits per heavy atom. The summed E-state index contributed by atoms with van der Waals surface area (Å²) >= 11 is 1.71. The van der Waals surface area contributed by atoms with E-state index in [1.165, 1.54) is 0 Å². The van der Waals surface area contributed by atoms with Gasteiger partial charge in [-0.15, -0.1) is 0 Å². The lowest BCUT2D eigenvalue weighted by Gasteiger charge is -2.14. The molecule has 0 saturated carbocycles. The van der Waals surface area contributed by atoms with Crippen LogP contribution >= 0.6 is 11.8 Å². The molecule has 1 rings (SSSR count). The van der Waals surface area contributed by atoms with Crippen molar-refractivity contribution in [3.63, 3.8) is 0 Å². The van der Waals surface area contributed by atoms with Crippen LogP contribution in [0.4, 0.5) is 0 Å². The van der Waals surface area contributed by atoms with Crippen molar-refractivity contribution in [1.29, 1.82) is 0 Å².